The number of benzene rings is 1. The summed E-state index contributed by atoms with van der Waals surface area (Å²) >= 11 is 0. The molecule has 1 aromatic carbocycles. The fourth-order valence-electron chi connectivity index (χ4n) is 5.14. The van der Waals surface area contributed by atoms with Crippen molar-refractivity contribution in [1.82, 2.24) is 24.6 Å². The number of imidazole rings is 1. The van der Waals surface area contributed by atoms with Crippen molar-refractivity contribution in [2.24, 2.45) is 0 Å². The number of aromatic nitrogens is 3. The van der Waals surface area contributed by atoms with Crippen molar-refractivity contribution in [3.63, 3.8) is 0 Å². The van der Waals surface area contributed by atoms with Crippen LogP contribution in [0.2, 0.25) is 0 Å². The van der Waals surface area contributed by atoms with E-state index < -0.39 is 0 Å². The number of nitrogens with zero attached hydrogens (tertiary/aromatic N) is 3. The third-order valence-electron chi connectivity index (χ3n) is 6.60. The van der Waals surface area contributed by atoms with Crippen LogP contribution in [0, 0.1) is 0 Å². The number of piperidine rings is 1. The van der Waals surface area contributed by atoms with Gasteiger partial charge >= 0.3 is 0 Å². The third kappa shape index (κ3) is 3.35. The first-order valence-corrected chi connectivity index (χ1v) is 11.0. The summed E-state index contributed by atoms with van der Waals surface area (Å²) in [5.74, 6) is -0.750. The monoisotopic (exact) mass is 461 g/mol. The number of carbonyl (C=O) groups is 2. The molecule has 1 fully saturated rings. The second-order valence-corrected chi connectivity index (χ2v) is 8.61. The van der Waals surface area contributed by atoms with Gasteiger partial charge in [0.1, 0.15) is 5.65 Å². The lowest BCUT2D eigenvalue weighted by Gasteiger charge is -2.29. The highest BCUT2D eigenvalue weighted by Gasteiger charge is 2.36. The zero-order valence-corrected chi connectivity index (χ0v) is 18.9. The van der Waals surface area contributed by atoms with E-state index in [2.05, 4.69) is 39.4 Å². The summed E-state index contributed by atoms with van der Waals surface area (Å²) in [5.41, 5.74) is 4.00. The summed E-state index contributed by atoms with van der Waals surface area (Å²) < 4.78 is 4.14. The van der Waals surface area contributed by atoms with Crippen LogP contribution in [0.1, 0.15) is 37.1 Å². The molecule has 0 saturated carbocycles. The predicted molar refractivity (Wildman–Crippen MR) is 130 cm³/mol. The molecule has 5 heterocycles. The zero-order valence-electron chi connectivity index (χ0n) is 18.1. The standard InChI is InChI=1S/C25H23N5O2.ClH/c1-15-12-16(9-10-26-15)30-14-18(17-6-2-3-7-19(17)30)22-23(25(32)28-24(22)31)20-13-27-21-8-4-5-11-29(20)21;/h2-8,11,13-16,26H,9-10,12H2,1H3,(H,28,31,32);1H. The van der Waals surface area contributed by atoms with E-state index in [1.165, 1.54) is 0 Å². The van der Waals surface area contributed by atoms with Gasteiger partial charge in [-0.25, -0.2) is 4.98 Å². The summed E-state index contributed by atoms with van der Waals surface area (Å²) in [7, 11) is 0. The van der Waals surface area contributed by atoms with Crippen LogP contribution >= 0.6 is 12.4 Å². The van der Waals surface area contributed by atoms with Crippen LogP contribution in [0.25, 0.3) is 27.7 Å². The fraction of sp³-hybridized carbons (Fsp3) is 0.240. The lowest BCUT2D eigenvalue weighted by molar-refractivity contribution is -0.122. The van der Waals surface area contributed by atoms with E-state index in [-0.39, 0.29) is 24.2 Å². The first-order chi connectivity index (χ1) is 15.6. The number of pyridine rings is 1. The van der Waals surface area contributed by atoms with E-state index >= 15 is 0 Å². The topological polar surface area (TPSA) is 80.4 Å². The van der Waals surface area contributed by atoms with Gasteiger partial charge in [-0.05, 0) is 44.5 Å². The molecule has 1 saturated heterocycles. The number of hydrogen-bond donors (Lipinski definition) is 2. The van der Waals surface area contributed by atoms with Gasteiger partial charge in [0.05, 0.1) is 23.0 Å². The average molecular weight is 462 g/mol. The molecule has 3 aromatic heterocycles. The lowest BCUT2D eigenvalue weighted by Crippen LogP contribution is -2.36. The highest BCUT2D eigenvalue weighted by molar-refractivity contribution is 6.49. The molecule has 2 aliphatic rings. The van der Waals surface area contributed by atoms with Crippen molar-refractivity contribution < 1.29 is 9.59 Å². The molecule has 2 atom stereocenters. The van der Waals surface area contributed by atoms with Crippen molar-refractivity contribution in [1.29, 1.82) is 0 Å². The molecule has 0 spiro atoms. The van der Waals surface area contributed by atoms with Gasteiger partial charge in [0.15, 0.2) is 0 Å². The Bertz CT molecular complexity index is 1430. The predicted octanol–water partition coefficient (Wildman–Crippen LogP) is 3.59. The lowest BCUT2D eigenvalue weighted by atomic mass is 9.99. The van der Waals surface area contributed by atoms with E-state index in [1.807, 2.05) is 47.0 Å². The molecule has 33 heavy (non-hydrogen) atoms. The van der Waals surface area contributed by atoms with Crippen molar-refractivity contribution in [3.05, 3.63) is 72.3 Å². The Labute approximate surface area is 196 Å². The highest BCUT2D eigenvalue weighted by atomic mass is 35.5. The smallest absolute Gasteiger partial charge is 0.261 e. The van der Waals surface area contributed by atoms with E-state index in [1.54, 1.807) is 6.20 Å². The maximum Gasteiger partial charge on any atom is 0.261 e. The molecule has 0 aliphatic carbocycles. The van der Waals surface area contributed by atoms with Crippen molar-refractivity contribution >= 4 is 51.9 Å². The number of nitrogens with one attached hydrogen (secondary N) is 2. The number of fused-ring (bicyclic) bond motifs is 2. The van der Waals surface area contributed by atoms with E-state index in [0.717, 1.165) is 41.5 Å². The Morgan fingerprint density at radius 3 is 2.67 bits per heavy atom. The number of para-hydroxylation sites is 1. The summed E-state index contributed by atoms with van der Waals surface area (Å²) in [6.45, 7) is 3.16. The molecule has 2 N–H and O–H groups in total. The largest absolute Gasteiger partial charge is 0.344 e. The number of rotatable bonds is 3. The van der Waals surface area contributed by atoms with Crippen molar-refractivity contribution in [2.45, 2.75) is 31.8 Å². The highest BCUT2D eigenvalue weighted by Crippen LogP contribution is 2.38. The molecule has 4 aromatic rings. The van der Waals surface area contributed by atoms with Gasteiger partial charge in [-0.1, -0.05) is 24.3 Å². The van der Waals surface area contributed by atoms with Crippen LogP contribution in [-0.2, 0) is 9.59 Å². The second-order valence-electron chi connectivity index (χ2n) is 8.61. The van der Waals surface area contributed by atoms with E-state index in [9.17, 15) is 9.59 Å². The number of carbonyl (C=O) groups excluding carboxylic acids is 2. The molecule has 7 nitrogen and oxygen atoms in total. The van der Waals surface area contributed by atoms with Crippen molar-refractivity contribution in [3.8, 4) is 0 Å². The molecular weight excluding hydrogens is 438 g/mol. The minimum absolute atomic E-state index is 0. The number of halogens is 1. The minimum atomic E-state index is -0.386. The van der Waals surface area contributed by atoms with Crippen molar-refractivity contribution in [2.75, 3.05) is 6.54 Å². The molecule has 6 rings (SSSR count). The SMILES string of the molecule is CC1CC(n2cc(C3=C(c4cnc5ccccn45)C(=O)NC3=O)c3ccccc32)CCN1.Cl. The number of amides is 2. The zero-order chi connectivity index (χ0) is 21.8. The quantitative estimate of drug-likeness (QED) is 0.457. The molecule has 168 valence electrons. The normalized spacial score (nSPS) is 21.0. The van der Waals surface area contributed by atoms with Crippen LogP contribution in [0.5, 0.6) is 0 Å². The Hall–Kier alpha value is -3.42. The molecular formula is C25H24ClN5O2. The molecule has 2 amide bonds. The van der Waals surface area contributed by atoms with Gasteiger partial charge in [-0.2, -0.15) is 0 Å². The molecule has 2 aliphatic heterocycles. The molecule has 2 unspecified atom stereocenters. The van der Waals surface area contributed by atoms with E-state index in [0.29, 0.717) is 28.9 Å². The van der Waals surface area contributed by atoms with Crippen LogP contribution in [0.3, 0.4) is 0 Å². The second kappa shape index (κ2) is 8.17. The fourth-order valence-corrected chi connectivity index (χ4v) is 5.14. The van der Waals surface area contributed by atoms with Crippen LogP contribution in [0.4, 0.5) is 0 Å². The maximum atomic E-state index is 13.1. The first-order valence-electron chi connectivity index (χ1n) is 11.0. The summed E-state index contributed by atoms with van der Waals surface area (Å²) in [5, 5.41) is 7.00. The van der Waals surface area contributed by atoms with Crippen LogP contribution in [-0.4, -0.2) is 38.4 Å². The van der Waals surface area contributed by atoms with Gasteiger partial charge in [0, 0.05) is 40.9 Å². The maximum absolute atomic E-state index is 13.1. The van der Waals surface area contributed by atoms with E-state index in [4.69, 9.17) is 0 Å². The van der Waals surface area contributed by atoms with Gasteiger partial charge in [-0.3, -0.25) is 19.3 Å². The summed E-state index contributed by atoms with van der Waals surface area (Å²) in [6.07, 6.45) is 7.62. The van der Waals surface area contributed by atoms with Crippen LogP contribution < -0.4 is 10.6 Å². The first kappa shape index (κ1) is 21.4. The molecule has 0 radical (unpaired) electrons. The van der Waals surface area contributed by atoms with Crippen LogP contribution in [0.15, 0.2) is 61.1 Å². The average Bonchev–Trinajstić information content (AvgIpc) is 3.46. The molecule has 8 heteroatoms. The number of hydrogen-bond acceptors (Lipinski definition) is 4. The summed E-state index contributed by atoms with van der Waals surface area (Å²) in [6, 6.07) is 14.6. The van der Waals surface area contributed by atoms with Gasteiger partial charge < -0.3 is 9.88 Å². The Kier molecular flexibility index (Phi) is 5.31. The molecule has 0 bridgehead atoms. The Morgan fingerprint density at radius 1 is 1.03 bits per heavy atom. The summed E-state index contributed by atoms with van der Waals surface area (Å²) in [4.78, 5) is 30.4. The van der Waals surface area contributed by atoms with Gasteiger partial charge in [-0.15, -0.1) is 12.4 Å². The third-order valence-corrected chi connectivity index (χ3v) is 6.60. The minimum Gasteiger partial charge on any atom is -0.344 e. The Morgan fingerprint density at radius 2 is 1.82 bits per heavy atom. The Balaban J connectivity index is 0.00000228. The van der Waals surface area contributed by atoms with Gasteiger partial charge in [0.2, 0.25) is 0 Å². The van der Waals surface area contributed by atoms with Gasteiger partial charge in [0.25, 0.3) is 11.8 Å². The number of imide groups is 1.